The number of ether oxygens (including phenoxy) is 2. The number of hydrogen-bond donors (Lipinski definition) is 0. The first-order chi connectivity index (χ1) is 6.13. The first-order valence-corrected chi connectivity index (χ1v) is 4.51. The van der Waals surface area contributed by atoms with Gasteiger partial charge < -0.3 is 9.47 Å². The van der Waals surface area contributed by atoms with Crippen molar-refractivity contribution in [2.24, 2.45) is 0 Å². The van der Waals surface area contributed by atoms with Crippen LogP contribution in [-0.4, -0.2) is 13.2 Å². The molecule has 0 aromatic heterocycles. The van der Waals surface area contributed by atoms with E-state index in [0.717, 1.165) is 5.75 Å². The summed E-state index contributed by atoms with van der Waals surface area (Å²) in [6.07, 6.45) is 0.157. The summed E-state index contributed by atoms with van der Waals surface area (Å²) in [4.78, 5) is 0. The Balaban J connectivity index is 2.83. The molecule has 2 nitrogen and oxygen atoms in total. The van der Waals surface area contributed by atoms with Crippen LogP contribution in [0.5, 0.6) is 11.5 Å². The second-order valence-corrected chi connectivity index (χ2v) is 3.37. The molecule has 3 heteroatoms. The largest absolute Gasteiger partial charge is 0.495 e. The first kappa shape index (κ1) is 10.2. The average molecular weight is 201 g/mol. The molecule has 0 spiro atoms. The van der Waals surface area contributed by atoms with Gasteiger partial charge in [-0.2, -0.15) is 0 Å². The molecule has 0 bridgehead atoms. The maximum Gasteiger partial charge on any atom is 0.137 e. The molecule has 0 aliphatic rings. The maximum absolute atomic E-state index is 5.91. The summed E-state index contributed by atoms with van der Waals surface area (Å²) in [5.74, 6) is 1.43. The molecule has 1 aromatic carbocycles. The average Bonchev–Trinajstić information content (AvgIpc) is 2.03. The molecule has 0 fully saturated rings. The quantitative estimate of drug-likeness (QED) is 0.747. The van der Waals surface area contributed by atoms with E-state index < -0.39 is 0 Å². The van der Waals surface area contributed by atoms with Gasteiger partial charge >= 0.3 is 0 Å². The lowest BCUT2D eigenvalue weighted by atomic mass is 10.3. The highest BCUT2D eigenvalue weighted by Gasteiger charge is 2.03. The summed E-state index contributed by atoms with van der Waals surface area (Å²) in [7, 11) is 1.59. The van der Waals surface area contributed by atoms with Gasteiger partial charge in [0.15, 0.2) is 0 Å². The molecule has 0 heterocycles. The minimum Gasteiger partial charge on any atom is -0.495 e. The Morgan fingerprint density at radius 2 is 2.00 bits per heavy atom. The predicted octanol–water partition coefficient (Wildman–Crippen LogP) is 3.14. The van der Waals surface area contributed by atoms with E-state index in [4.69, 9.17) is 21.1 Å². The van der Waals surface area contributed by atoms with Gasteiger partial charge in [0.2, 0.25) is 0 Å². The van der Waals surface area contributed by atoms with Crippen molar-refractivity contribution in [3.05, 3.63) is 23.2 Å². The van der Waals surface area contributed by atoms with Crippen LogP contribution in [0.1, 0.15) is 13.8 Å². The summed E-state index contributed by atoms with van der Waals surface area (Å²) in [5.41, 5.74) is 0. The number of rotatable bonds is 3. The summed E-state index contributed by atoms with van der Waals surface area (Å²) in [6.45, 7) is 3.94. The fourth-order valence-electron chi connectivity index (χ4n) is 0.993. The van der Waals surface area contributed by atoms with E-state index in [1.165, 1.54) is 0 Å². The lowest BCUT2D eigenvalue weighted by Gasteiger charge is -2.10. The Labute approximate surface area is 83.4 Å². The molecule has 1 rings (SSSR count). The third-order valence-electron chi connectivity index (χ3n) is 1.50. The summed E-state index contributed by atoms with van der Waals surface area (Å²) in [5, 5.41) is 0.570. The molecule has 13 heavy (non-hydrogen) atoms. The molecule has 0 amide bonds. The Bertz CT molecular complexity index is 284. The van der Waals surface area contributed by atoms with Crippen LogP contribution >= 0.6 is 11.6 Å². The summed E-state index contributed by atoms with van der Waals surface area (Å²) < 4.78 is 10.5. The molecule has 0 unspecified atom stereocenters. The van der Waals surface area contributed by atoms with Crippen LogP contribution in [0.25, 0.3) is 0 Å². The molecule has 0 aliphatic heterocycles. The van der Waals surface area contributed by atoms with Crippen molar-refractivity contribution < 1.29 is 9.47 Å². The molecule has 0 saturated heterocycles. The predicted molar refractivity (Wildman–Crippen MR) is 53.8 cm³/mol. The molecule has 0 saturated carbocycles. The van der Waals surface area contributed by atoms with Crippen LogP contribution in [0.4, 0.5) is 0 Å². The molecular formula is C10H13ClO2. The van der Waals surface area contributed by atoms with Crippen LogP contribution in [0.3, 0.4) is 0 Å². The Morgan fingerprint density at radius 3 is 2.46 bits per heavy atom. The van der Waals surface area contributed by atoms with Crippen LogP contribution in [0, 0.1) is 0 Å². The topological polar surface area (TPSA) is 18.5 Å². The van der Waals surface area contributed by atoms with Gasteiger partial charge in [0, 0.05) is 6.07 Å². The minimum absolute atomic E-state index is 0.157. The molecule has 1 aromatic rings. The molecule has 0 aliphatic carbocycles. The fourth-order valence-corrected chi connectivity index (χ4v) is 1.24. The highest BCUT2D eigenvalue weighted by molar-refractivity contribution is 6.32. The normalized spacial score (nSPS) is 10.2. The van der Waals surface area contributed by atoms with E-state index in [0.29, 0.717) is 10.8 Å². The number of hydrogen-bond acceptors (Lipinski definition) is 2. The highest BCUT2D eigenvalue weighted by atomic mass is 35.5. The van der Waals surface area contributed by atoms with Crippen molar-refractivity contribution in [3.8, 4) is 11.5 Å². The van der Waals surface area contributed by atoms with Gasteiger partial charge in [-0.05, 0) is 26.0 Å². The van der Waals surface area contributed by atoms with Gasteiger partial charge in [-0.25, -0.2) is 0 Å². The second kappa shape index (κ2) is 4.38. The van der Waals surface area contributed by atoms with Crippen molar-refractivity contribution in [2.75, 3.05) is 7.11 Å². The van der Waals surface area contributed by atoms with Gasteiger partial charge in [0.1, 0.15) is 11.5 Å². The van der Waals surface area contributed by atoms with Gasteiger partial charge in [0.05, 0.1) is 18.2 Å². The van der Waals surface area contributed by atoms with Gasteiger partial charge in [-0.15, -0.1) is 0 Å². The third kappa shape index (κ3) is 2.81. The number of halogens is 1. The van der Waals surface area contributed by atoms with Crippen LogP contribution in [-0.2, 0) is 0 Å². The van der Waals surface area contributed by atoms with Crippen molar-refractivity contribution in [2.45, 2.75) is 20.0 Å². The van der Waals surface area contributed by atoms with Crippen LogP contribution in [0.2, 0.25) is 5.02 Å². The lowest BCUT2D eigenvalue weighted by molar-refractivity contribution is 0.242. The molecule has 0 atom stereocenters. The van der Waals surface area contributed by atoms with E-state index in [9.17, 15) is 0 Å². The smallest absolute Gasteiger partial charge is 0.137 e. The van der Waals surface area contributed by atoms with Crippen LogP contribution in [0.15, 0.2) is 18.2 Å². The van der Waals surface area contributed by atoms with E-state index in [2.05, 4.69) is 0 Å². The van der Waals surface area contributed by atoms with Crippen molar-refractivity contribution in [3.63, 3.8) is 0 Å². The van der Waals surface area contributed by atoms with E-state index in [1.54, 1.807) is 19.2 Å². The van der Waals surface area contributed by atoms with Crippen molar-refractivity contribution in [1.82, 2.24) is 0 Å². The Hall–Kier alpha value is -0.890. The number of methoxy groups -OCH3 is 1. The van der Waals surface area contributed by atoms with E-state index in [1.807, 2.05) is 19.9 Å². The van der Waals surface area contributed by atoms with Crippen molar-refractivity contribution >= 4 is 11.6 Å². The van der Waals surface area contributed by atoms with Gasteiger partial charge in [-0.1, -0.05) is 11.6 Å². The maximum atomic E-state index is 5.91. The lowest BCUT2D eigenvalue weighted by Crippen LogP contribution is -2.05. The summed E-state index contributed by atoms with van der Waals surface area (Å²) >= 11 is 5.91. The van der Waals surface area contributed by atoms with Gasteiger partial charge in [0.25, 0.3) is 0 Å². The molecule has 0 N–H and O–H groups in total. The zero-order chi connectivity index (χ0) is 9.84. The minimum atomic E-state index is 0.157. The number of benzene rings is 1. The summed E-state index contributed by atoms with van der Waals surface area (Å²) in [6, 6.07) is 5.38. The third-order valence-corrected chi connectivity index (χ3v) is 1.79. The standard InChI is InChI=1S/C10H13ClO2/c1-7(2)13-8-4-5-10(12-3)9(11)6-8/h4-7H,1-3H3. The zero-order valence-electron chi connectivity index (χ0n) is 8.00. The molecule has 0 radical (unpaired) electrons. The Morgan fingerprint density at radius 1 is 1.31 bits per heavy atom. The monoisotopic (exact) mass is 200 g/mol. The Kier molecular flexibility index (Phi) is 3.43. The van der Waals surface area contributed by atoms with Crippen LogP contribution < -0.4 is 9.47 Å². The zero-order valence-corrected chi connectivity index (χ0v) is 8.76. The fraction of sp³-hybridized carbons (Fsp3) is 0.400. The second-order valence-electron chi connectivity index (χ2n) is 2.96. The van der Waals surface area contributed by atoms with Crippen molar-refractivity contribution in [1.29, 1.82) is 0 Å². The van der Waals surface area contributed by atoms with Gasteiger partial charge in [-0.3, -0.25) is 0 Å². The van der Waals surface area contributed by atoms with E-state index >= 15 is 0 Å². The highest BCUT2D eigenvalue weighted by Crippen LogP contribution is 2.28. The molecular weight excluding hydrogens is 188 g/mol. The van der Waals surface area contributed by atoms with E-state index in [-0.39, 0.29) is 6.10 Å². The SMILES string of the molecule is COc1ccc(OC(C)C)cc1Cl. The first-order valence-electron chi connectivity index (χ1n) is 4.13. The molecule has 72 valence electrons.